The predicted octanol–water partition coefficient (Wildman–Crippen LogP) is 5.06. The number of piperidine rings is 1. The van der Waals surface area contributed by atoms with Crippen LogP contribution in [0.5, 0.6) is 5.75 Å². The van der Waals surface area contributed by atoms with E-state index in [0.29, 0.717) is 44.0 Å². The lowest BCUT2D eigenvalue weighted by atomic mass is 10.1. The Hall–Kier alpha value is -3.75. The Morgan fingerprint density at radius 3 is 2.18 bits per heavy atom. The molecule has 0 aromatic heterocycles. The van der Waals surface area contributed by atoms with Crippen molar-refractivity contribution >= 4 is 23.8 Å². The minimum atomic E-state index is -0.507. The number of benzene rings is 2. The third-order valence-corrected chi connectivity index (χ3v) is 6.54. The van der Waals surface area contributed by atoms with Crippen LogP contribution in [0.25, 0.3) is 0 Å². The van der Waals surface area contributed by atoms with E-state index in [9.17, 15) is 14.4 Å². The fraction of sp³-hybridized carbons (Fsp3) is 0.483. The van der Waals surface area contributed by atoms with Crippen LogP contribution in [0.15, 0.2) is 54.6 Å². The average Bonchev–Trinajstić information content (AvgIpc) is 3.39. The van der Waals surface area contributed by atoms with Crippen LogP contribution < -0.4 is 10.1 Å². The van der Waals surface area contributed by atoms with Crippen molar-refractivity contribution in [3.63, 3.8) is 0 Å². The molecule has 0 aliphatic carbocycles. The fourth-order valence-corrected chi connectivity index (χ4v) is 4.49. The Balaban J connectivity index is 1.18. The van der Waals surface area contributed by atoms with E-state index in [1.54, 1.807) is 9.80 Å². The fourth-order valence-electron chi connectivity index (χ4n) is 4.49. The molecule has 1 unspecified atom stereocenters. The van der Waals surface area contributed by atoms with Gasteiger partial charge in [-0.3, -0.25) is 4.79 Å². The summed E-state index contributed by atoms with van der Waals surface area (Å²) >= 11 is 0. The topological polar surface area (TPSA) is 97.4 Å². The van der Waals surface area contributed by atoms with E-state index in [-0.39, 0.29) is 30.6 Å². The molecule has 38 heavy (non-hydrogen) atoms. The molecule has 2 aromatic carbocycles. The summed E-state index contributed by atoms with van der Waals surface area (Å²) in [5.74, 6) is 0.309. The van der Waals surface area contributed by atoms with Crippen LogP contribution in [0, 0.1) is 5.92 Å². The molecule has 2 heterocycles. The van der Waals surface area contributed by atoms with Gasteiger partial charge in [-0.1, -0.05) is 30.3 Å². The zero-order valence-corrected chi connectivity index (χ0v) is 22.4. The quantitative estimate of drug-likeness (QED) is 0.568. The minimum Gasteiger partial charge on any atom is -0.490 e. The first-order chi connectivity index (χ1) is 18.2. The summed E-state index contributed by atoms with van der Waals surface area (Å²) in [6, 6.07) is 16.8. The normalized spacial score (nSPS) is 18.1. The van der Waals surface area contributed by atoms with E-state index in [4.69, 9.17) is 14.2 Å². The number of nitrogens with zero attached hydrogens (tertiary/aromatic N) is 2. The molecule has 204 valence electrons. The molecule has 4 rings (SSSR count). The summed E-state index contributed by atoms with van der Waals surface area (Å²) in [6.07, 6.45) is 1.37. The van der Waals surface area contributed by atoms with Crippen LogP contribution in [-0.4, -0.2) is 65.8 Å². The standard InChI is InChI=1S/C29H37N3O6/c1-29(2,3)38-28(35)31-17-14-25(15-18-31)37-24-11-9-23(10-12-24)30-26(33)22-13-16-32(19-22)27(34)36-20-21-7-5-4-6-8-21/h4-12,22,25H,13-20H2,1-3H3,(H,30,33). The number of likely N-dealkylation sites (tertiary alicyclic amines) is 2. The number of ether oxygens (including phenoxy) is 3. The molecule has 0 radical (unpaired) electrons. The van der Waals surface area contributed by atoms with Crippen molar-refractivity contribution in [2.24, 2.45) is 5.92 Å². The Morgan fingerprint density at radius 1 is 0.868 bits per heavy atom. The Kier molecular flexibility index (Phi) is 8.76. The molecular weight excluding hydrogens is 486 g/mol. The van der Waals surface area contributed by atoms with Gasteiger partial charge in [-0.2, -0.15) is 0 Å². The smallest absolute Gasteiger partial charge is 0.410 e. The van der Waals surface area contributed by atoms with E-state index in [1.807, 2.05) is 75.4 Å². The molecule has 3 amide bonds. The van der Waals surface area contributed by atoms with Crippen LogP contribution in [-0.2, 0) is 20.9 Å². The monoisotopic (exact) mass is 523 g/mol. The molecule has 2 aliphatic rings. The van der Waals surface area contributed by atoms with Crippen LogP contribution >= 0.6 is 0 Å². The molecule has 0 spiro atoms. The maximum absolute atomic E-state index is 12.8. The average molecular weight is 524 g/mol. The molecule has 2 aliphatic heterocycles. The van der Waals surface area contributed by atoms with Crippen molar-refractivity contribution in [3.8, 4) is 5.75 Å². The Bertz CT molecular complexity index is 1090. The molecule has 1 atom stereocenters. The summed E-state index contributed by atoms with van der Waals surface area (Å²) in [4.78, 5) is 40.7. The van der Waals surface area contributed by atoms with Crippen LogP contribution in [0.4, 0.5) is 15.3 Å². The highest BCUT2D eigenvalue weighted by Gasteiger charge is 2.32. The third kappa shape index (κ3) is 7.87. The largest absolute Gasteiger partial charge is 0.490 e. The van der Waals surface area contributed by atoms with Crippen LogP contribution in [0.2, 0.25) is 0 Å². The van der Waals surface area contributed by atoms with Gasteiger partial charge in [0.15, 0.2) is 0 Å². The van der Waals surface area contributed by atoms with Gasteiger partial charge in [0.2, 0.25) is 5.91 Å². The second-order valence-corrected chi connectivity index (χ2v) is 10.8. The molecule has 2 saturated heterocycles. The first-order valence-corrected chi connectivity index (χ1v) is 13.2. The maximum Gasteiger partial charge on any atom is 0.410 e. The summed E-state index contributed by atoms with van der Waals surface area (Å²) in [6.45, 7) is 7.80. The Labute approximate surface area is 224 Å². The van der Waals surface area contributed by atoms with Crippen molar-refractivity contribution in [2.45, 2.75) is 58.3 Å². The number of anilines is 1. The number of hydrogen-bond acceptors (Lipinski definition) is 6. The molecular formula is C29H37N3O6. The molecule has 2 fully saturated rings. The maximum atomic E-state index is 12.8. The van der Waals surface area contributed by atoms with Crippen molar-refractivity contribution in [1.82, 2.24) is 9.80 Å². The lowest BCUT2D eigenvalue weighted by Crippen LogP contribution is -2.44. The molecule has 9 nitrogen and oxygen atoms in total. The third-order valence-electron chi connectivity index (χ3n) is 6.54. The van der Waals surface area contributed by atoms with Crippen molar-refractivity contribution in [1.29, 1.82) is 0 Å². The zero-order valence-electron chi connectivity index (χ0n) is 22.4. The second-order valence-electron chi connectivity index (χ2n) is 10.8. The van der Waals surface area contributed by atoms with E-state index >= 15 is 0 Å². The molecule has 9 heteroatoms. The van der Waals surface area contributed by atoms with Crippen LogP contribution in [0.1, 0.15) is 45.6 Å². The van der Waals surface area contributed by atoms with E-state index in [0.717, 1.165) is 18.4 Å². The molecule has 0 saturated carbocycles. The number of hydrogen-bond donors (Lipinski definition) is 1. The SMILES string of the molecule is CC(C)(C)OC(=O)N1CCC(Oc2ccc(NC(=O)C3CCN(C(=O)OCc4ccccc4)C3)cc2)CC1. The summed E-state index contributed by atoms with van der Waals surface area (Å²) in [7, 11) is 0. The number of rotatable bonds is 6. The van der Waals surface area contributed by atoms with Gasteiger partial charge in [0, 0.05) is 44.7 Å². The highest BCUT2D eigenvalue weighted by molar-refractivity contribution is 5.93. The van der Waals surface area contributed by atoms with Gasteiger partial charge in [0.25, 0.3) is 0 Å². The molecule has 0 bridgehead atoms. The lowest BCUT2D eigenvalue weighted by molar-refractivity contribution is -0.119. The van der Waals surface area contributed by atoms with Crippen molar-refractivity contribution < 1.29 is 28.6 Å². The van der Waals surface area contributed by atoms with Crippen molar-refractivity contribution in [2.75, 3.05) is 31.5 Å². The van der Waals surface area contributed by atoms with Gasteiger partial charge in [-0.25, -0.2) is 9.59 Å². The summed E-state index contributed by atoms with van der Waals surface area (Å²) in [5.41, 5.74) is 1.09. The van der Waals surface area contributed by atoms with Gasteiger partial charge in [-0.05, 0) is 57.0 Å². The molecule has 1 N–H and O–H groups in total. The summed E-state index contributed by atoms with van der Waals surface area (Å²) in [5, 5.41) is 2.94. The second kappa shape index (κ2) is 12.2. The first-order valence-electron chi connectivity index (χ1n) is 13.2. The number of amides is 3. The van der Waals surface area contributed by atoms with Gasteiger partial charge < -0.3 is 29.3 Å². The molecule has 2 aromatic rings. The van der Waals surface area contributed by atoms with Gasteiger partial charge in [-0.15, -0.1) is 0 Å². The highest BCUT2D eigenvalue weighted by atomic mass is 16.6. The van der Waals surface area contributed by atoms with Crippen molar-refractivity contribution in [3.05, 3.63) is 60.2 Å². The zero-order chi connectivity index (χ0) is 27.1. The first kappa shape index (κ1) is 27.3. The number of carbonyl (C=O) groups excluding carboxylic acids is 3. The van der Waals surface area contributed by atoms with Crippen LogP contribution in [0.3, 0.4) is 0 Å². The highest BCUT2D eigenvalue weighted by Crippen LogP contribution is 2.24. The number of carbonyl (C=O) groups is 3. The predicted molar refractivity (Wildman–Crippen MR) is 143 cm³/mol. The number of nitrogens with one attached hydrogen (secondary N) is 1. The van der Waals surface area contributed by atoms with E-state index < -0.39 is 11.7 Å². The van der Waals surface area contributed by atoms with E-state index in [1.165, 1.54) is 0 Å². The minimum absolute atomic E-state index is 0.0141. The van der Waals surface area contributed by atoms with E-state index in [2.05, 4.69) is 5.32 Å². The van der Waals surface area contributed by atoms with Gasteiger partial charge in [0.1, 0.15) is 24.1 Å². The lowest BCUT2D eigenvalue weighted by Gasteiger charge is -2.33. The Morgan fingerprint density at radius 2 is 1.53 bits per heavy atom. The summed E-state index contributed by atoms with van der Waals surface area (Å²) < 4.78 is 16.9. The van der Waals surface area contributed by atoms with Gasteiger partial charge >= 0.3 is 12.2 Å². The van der Waals surface area contributed by atoms with Gasteiger partial charge in [0.05, 0.1) is 5.92 Å².